The zero-order chi connectivity index (χ0) is 20.7. The Kier molecular flexibility index (Phi) is 5.03. The number of aliphatic hydroxyl groups excluding tert-OH is 1. The molecule has 1 saturated heterocycles. The standard InChI is InChI=1S/C25H29NO4/c1-2-29-23-15-22(27)25(23)11-13-26(14-12-25)24(28)30-16-21-19-9-5-3-7-17(19)18-8-4-6-10-20(18)21/h3-10,21-23,27H,2,11-16H2,1H3. The molecule has 1 aliphatic heterocycles. The predicted octanol–water partition coefficient (Wildman–Crippen LogP) is 4.19. The number of benzene rings is 2. The number of rotatable bonds is 4. The van der Waals surface area contributed by atoms with Gasteiger partial charge in [-0.25, -0.2) is 4.79 Å². The molecule has 1 saturated carbocycles. The molecule has 2 fully saturated rings. The van der Waals surface area contributed by atoms with Crippen molar-refractivity contribution in [2.24, 2.45) is 5.41 Å². The van der Waals surface area contributed by atoms with E-state index < -0.39 is 0 Å². The van der Waals surface area contributed by atoms with Crippen LogP contribution in [0.25, 0.3) is 11.1 Å². The maximum absolute atomic E-state index is 12.8. The molecular formula is C25H29NO4. The molecule has 5 nitrogen and oxygen atoms in total. The molecule has 1 heterocycles. The first kappa shape index (κ1) is 19.6. The lowest BCUT2D eigenvalue weighted by molar-refractivity contribution is -0.208. The Labute approximate surface area is 177 Å². The predicted molar refractivity (Wildman–Crippen MR) is 114 cm³/mol. The van der Waals surface area contributed by atoms with Crippen molar-refractivity contribution in [1.29, 1.82) is 0 Å². The van der Waals surface area contributed by atoms with Crippen molar-refractivity contribution >= 4 is 6.09 Å². The molecule has 30 heavy (non-hydrogen) atoms. The summed E-state index contributed by atoms with van der Waals surface area (Å²) in [7, 11) is 0. The van der Waals surface area contributed by atoms with E-state index in [0.29, 0.717) is 32.7 Å². The van der Waals surface area contributed by atoms with Crippen LogP contribution in [0, 0.1) is 5.41 Å². The van der Waals surface area contributed by atoms with Gasteiger partial charge in [-0.05, 0) is 42.0 Å². The largest absolute Gasteiger partial charge is 0.448 e. The maximum atomic E-state index is 12.8. The van der Waals surface area contributed by atoms with E-state index in [1.54, 1.807) is 4.90 Å². The molecule has 2 atom stereocenters. The fourth-order valence-corrected chi connectivity index (χ4v) is 5.61. The van der Waals surface area contributed by atoms with Gasteiger partial charge in [0, 0.05) is 37.5 Å². The number of nitrogens with zero attached hydrogens (tertiary/aromatic N) is 1. The van der Waals surface area contributed by atoms with Crippen molar-refractivity contribution in [3.63, 3.8) is 0 Å². The van der Waals surface area contributed by atoms with Crippen LogP contribution in [0.2, 0.25) is 0 Å². The third-order valence-corrected chi connectivity index (χ3v) is 7.40. The van der Waals surface area contributed by atoms with Crippen molar-refractivity contribution in [1.82, 2.24) is 4.90 Å². The van der Waals surface area contributed by atoms with Gasteiger partial charge in [0.1, 0.15) is 6.61 Å². The maximum Gasteiger partial charge on any atom is 0.409 e. The Balaban J connectivity index is 1.23. The topological polar surface area (TPSA) is 59.0 Å². The first-order valence-corrected chi connectivity index (χ1v) is 11.0. The van der Waals surface area contributed by atoms with Crippen molar-refractivity contribution in [2.45, 2.75) is 44.3 Å². The minimum atomic E-state index is -0.321. The molecule has 5 heteroatoms. The minimum Gasteiger partial charge on any atom is -0.448 e. The highest BCUT2D eigenvalue weighted by atomic mass is 16.6. The number of likely N-dealkylation sites (tertiary alicyclic amines) is 1. The van der Waals surface area contributed by atoms with Crippen LogP contribution in [0.3, 0.4) is 0 Å². The van der Waals surface area contributed by atoms with Crippen LogP contribution in [0.4, 0.5) is 4.79 Å². The van der Waals surface area contributed by atoms with Gasteiger partial charge < -0.3 is 19.5 Å². The molecule has 1 amide bonds. The number of fused-ring (bicyclic) bond motifs is 3. The van der Waals surface area contributed by atoms with Crippen LogP contribution in [0.1, 0.15) is 43.2 Å². The van der Waals surface area contributed by atoms with E-state index in [2.05, 4.69) is 36.4 Å². The van der Waals surface area contributed by atoms with Gasteiger partial charge in [0.25, 0.3) is 0 Å². The number of hydrogen-bond donors (Lipinski definition) is 1. The molecule has 0 radical (unpaired) electrons. The van der Waals surface area contributed by atoms with Crippen molar-refractivity contribution in [3.8, 4) is 11.1 Å². The van der Waals surface area contributed by atoms with Gasteiger partial charge in [-0.1, -0.05) is 48.5 Å². The fraction of sp³-hybridized carbons (Fsp3) is 0.480. The SMILES string of the molecule is CCOC1CC(O)C12CCN(C(=O)OCC1c3ccccc3-c3ccccc31)CC2. The molecule has 5 rings (SSSR count). The lowest BCUT2D eigenvalue weighted by Gasteiger charge is -2.56. The molecule has 158 valence electrons. The molecule has 1 spiro atoms. The van der Waals surface area contributed by atoms with Gasteiger partial charge >= 0.3 is 6.09 Å². The monoisotopic (exact) mass is 407 g/mol. The molecule has 2 unspecified atom stereocenters. The quantitative estimate of drug-likeness (QED) is 0.826. The molecule has 1 N–H and O–H groups in total. The average Bonchev–Trinajstić information content (AvgIpc) is 3.11. The molecule has 3 aliphatic rings. The number of ether oxygens (including phenoxy) is 2. The Morgan fingerprint density at radius 2 is 1.67 bits per heavy atom. The van der Waals surface area contributed by atoms with Gasteiger partial charge in [-0.2, -0.15) is 0 Å². The Morgan fingerprint density at radius 1 is 1.07 bits per heavy atom. The van der Waals surface area contributed by atoms with Crippen molar-refractivity contribution in [2.75, 3.05) is 26.3 Å². The molecule has 2 aromatic carbocycles. The molecule has 2 aromatic rings. The van der Waals surface area contributed by atoms with Gasteiger partial charge in [-0.15, -0.1) is 0 Å². The molecule has 0 bridgehead atoms. The summed E-state index contributed by atoms with van der Waals surface area (Å²) in [6.45, 7) is 4.22. The first-order chi connectivity index (χ1) is 14.6. The molecular weight excluding hydrogens is 378 g/mol. The van der Waals surface area contributed by atoms with E-state index in [-0.39, 0.29) is 29.6 Å². The zero-order valence-corrected chi connectivity index (χ0v) is 17.4. The highest BCUT2D eigenvalue weighted by Crippen LogP contribution is 2.51. The van der Waals surface area contributed by atoms with Gasteiger partial charge in [0.05, 0.1) is 12.2 Å². The van der Waals surface area contributed by atoms with Crippen LogP contribution >= 0.6 is 0 Å². The highest BCUT2D eigenvalue weighted by Gasteiger charge is 2.56. The summed E-state index contributed by atoms with van der Waals surface area (Å²) in [6, 6.07) is 16.7. The van der Waals surface area contributed by atoms with E-state index in [1.165, 1.54) is 22.3 Å². The summed E-state index contributed by atoms with van der Waals surface area (Å²) < 4.78 is 11.6. The number of aliphatic hydroxyl groups is 1. The highest BCUT2D eigenvalue weighted by molar-refractivity contribution is 5.79. The van der Waals surface area contributed by atoms with Gasteiger partial charge in [-0.3, -0.25) is 0 Å². The lowest BCUT2D eigenvalue weighted by atomic mass is 9.58. The number of hydrogen-bond acceptors (Lipinski definition) is 4. The third kappa shape index (κ3) is 3.03. The summed E-state index contributed by atoms with van der Waals surface area (Å²) in [4.78, 5) is 14.6. The smallest absolute Gasteiger partial charge is 0.409 e. The molecule has 2 aliphatic carbocycles. The average molecular weight is 408 g/mol. The van der Waals surface area contributed by atoms with Gasteiger partial charge in [0.2, 0.25) is 0 Å². The summed E-state index contributed by atoms with van der Waals surface area (Å²) in [5.41, 5.74) is 4.73. The second-order valence-electron chi connectivity index (χ2n) is 8.72. The Morgan fingerprint density at radius 3 is 2.23 bits per heavy atom. The zero-order valence-electron chi connectivity index (χ0n) is 17.4. The molecule has 0 aromatic heterocycles. The summed E-state index contributed by atoms with van der Waals surface area (Å²) >= 11 is 0. The number of amides is 1. The second-order valence-corrected chi connectivity index (χ2v) is 8.72. The van der Waals surface area contributed by atoms with Crippen LogP contribution in [-0.2, 0) is 9.47 Å². The van der Waals surface area contributed by atoms with E-state index >= 15 is 0 Å². The van der Waals surface area contributed by atoms with Crippen LogP contribution in [-0.4, -0.2) is 54.6 Å². The van der Waals surface area contributed by atoms with Crippen LogP contribution in [0.5, 0.6) is 0 Å². The summed E-state index contributed by atoms with van der Waals surface area (Å²) in [6.07, 6.45) is 1.78. The normalized spacial score (nSPS) is 24.3. The summed E-state index contributed by atoms with van der Waals surface area (Å²) in [5.74, 6) is 0.0771. The van der Waals surface area contributed by atoms with E-state index in [0.717, 1.165) is 12.8 Å². The van der Waals surface area contributed by atoms with E-state index in [9.17, 15) is 9.90 Å². The first-order valence-electron chi connectivity index (χ1n) is 11.0. The second kappa shape index (κ2) is 7.71. The van der Waals surface area contributed by atoms with E-state index in [1.807, 2.05) is 19.1 Å². The minimum absolute atomic E-state index is 0.0771. The van der Waals surface area contributed by atoms with Crippen LogP contribution in [0.15, 0.2) is 48.5 Å². The Hall–Kier alpha value is -2.37. The van der Waals surface area contributed by atoms with E-state index in [4.69, 9.17) is 9.47 Å². The van der Waals surface area contributed by atoms with Crippen molar-refractivity contribution in [3.05, 3.63) is 59.7 Å². The number of carbonyl (C=O) groups excluding carboxylic acids is 1. The van der Waals surface area contributed by atoms with Crippen molar-refractivity contribution < 1.29 is 19.4 Å². The van der Waals surface area contributed by atoms with Gasteiger partial charge in [0.15, 0.2) is 0 Å². The number of piperidine rings is 1. The third-order valence-electron chi connectivity index (χ3n) is 7.40. The van der Waals surface area contributed by atoms with Crippen LogP contribution < -0.4 is 0 Å². The summed E-state index contributed by atoms with van der Waals surface area (Å²) in [5, 5.41) is 10.4. The fourth-order valence-electron chi connectivity index (χ4n) is 5.61. The Bertz CT molecular complexity index is 887. The number of carbonyl (C=O) groups is 1. The lowest BCUT2D eigenvalue weighted by Crippen LogP contribution is -2.62.